The lowest BCUT2D eigenvalue weighted by atomic mass is 10.2. The summed E-state index contributed by atoms with van der Waals surface area (Å²) in [4.78, 5) is 19.5. The average Bonchev–Trinajstić information content (AvgIpc) is 2.60. The second kappa shape index (κ2) is 5.14. The molecule has 1 heterocycles. The van der Waals surface area contributed by atoms with Gasteiger partial charge in [0.15, 0.2) is 11.2 Å². The van der Waals surface area contributed by atoms with Crippen molar-refractivity contribution in [3.05, 3.63) is 17.2 Å². The predicted octanol–water partition coefficient (Wildman–Crippen LogP) is 1.53. The number of carbonyl (C=O) groups is 1. The maximum atomic E-state index is 11.2. The van der Waals surface area contributed by atoms with Crippen molar-refractivity contribution in [3.63, 3.8) is 0 Å². The Labute approximate surface area is 93.1 Å². The molecule has 1 atom stereocenters. The number of H-pyrrole nitrogens is 1. The van der Waals surface area contributed by atoms with Crippen LogP contribution in [0.1, 0.15) is 25.6 Å². The fourth-order valence-corrected chi connectivity index (χ4v) is 1.74. The summed E-state index contributed by atoms with van der Waals surface area (Å²) in [6, 6.07) is -0.755. The van der Waals surface area contributed by atoms with E-state index in [4.69, 9.17) is 16.7 Å². The molecule has 0 fully saturated rings. The normalized spacial score (nSPS) is 13.1. The molecule has 84 valence electrons. The Morgan fingerprint density at radius 2 is 2.27 bits per heavy atom. The van der Waals surface area contributed by atoms with Crippen molar-refractivity contribution < 1.29 is 9.90 Å². The van der Waals surface area contributed by atoms with Crippen molar-refractivity contribution in [2.45, 2.75) is 19.9 Å². The third-order valence-electron chi connectivity index (χ3n) is 2.31. The van der Waals surface area contributed by atoms with Crippen LogP contribution in [0, 0.1) is 0 Å². The summed E-state index contributed by atoms with van der Waals surface area (Å²) in [5.41, 5.74) is 0.438. The third kappa shape index (κ3) is 2.49. The molecule has 5 nitrogen and oxygen atoms in total. The Kier molecular flexibility index (Phi) is 4.11. The number of carboxylic acids is 1. The summed E-state index contributed by atoms with van der Waals surface area (Å²) in [7, 11) is 0. The van der Waals surface area contributed by atoms with E-state index in [9.17, 15) is 4.79 Å². The quantitative estimate of drug-likeness (QED) is 0.807. The average molecular weight is 232 g/mol. The van der Waals surface area contributed by atoms with Crippen molar-refractivity contribution in [1.29, 1.82) is 0 Å². The number of rotatable bonds is 5. The maximum absolute atomic E-state index is 11.2. The van der Waals surface area contributed by atoms with E-state index in [2.05, 4.69) is 9.97 Å². The van der Waals surface area contributed by atoms with Crippen LogP contribution < -0.4 is 0 Å². The number of nitrogens with one attached hydrogen (secondary N) is 1. The van der Waals surface area contributed by atoms with Crippen LogP contribution in [-0.2, 0) is 4.79 Å². The smallest absolute Gasteiger partial charge is 0.327 e. The van der Waals surface area contributed by atoms with E-state index in [1.165, 1.54) is 6.33 Å². The zero-order chi connectivity index (χ0) is 11.4. The Hall–Kier alpha value is -1.07. The monoisotopic (exact) mass is 231 g/mol. The van der Waals surface area contributed by atoms with E-state index >= 15 is 0 Å². The molecule has 0 amide bonds. The standard InChI is InChI=1S/C9H14ClN3O2/c1-3-13(4-2)7(9(14)15)6-8(10)12-5-11-6/h5,7H,3-4H2,1-2H3,(H,11,12)(H,14,15). The number of aromatic amines is 1. The topological polar surface area (TPSA) is 69.2 Å². The van der Waals surface area contributed by atoms with Crippen molar-refractivity contribution >= 4 is 17.6 Å². The Morgan fingerprint density at radius 3 is 2.60 bits per heavy atom. The number of imidazole rings is 1. The van der Waals surface area contributed by atoms with E-state index in [0.29, 0.717) is 18.8 Å². The summed E-state index contributed by atoms with van der Waals surface area (Å²) in [5.74, 6) is -0.926. The molecule has 0 spiro atoms. The SMILES string of the molecule is CCN(CC)C(C(=O)O)c1[nH]cnc1Cl. The molecule has 0 saturated heterocycles. The van der Waals surface area contributed by atoms with Crippen LogP contribution in [-0.4, -0.2) is 39.0 Å². The van der Waals surface area contributed by atoms with Crippen molar-refractivity contribution in [2.24, 2.45) is 0 Å². The first kappa shape index (κ1) is 12.0. The van der Waals surface area contributed by atoms with Gasteiger partial charge in [0, 0.05) is 0 Å². The van der Waals surface area contributed by atoms with Crippen LogP contribution >= 0.6 is 11.6 Å². The number of halogens is 1. The van der Waals surface area contributed by atoms with E-state index in [1.807, 2.05) is 13.8 Å². The van der Waals surface area contributed by atoms with Gasteiger partial charge in [0.25, 0.3) is 0 Å². The van der Waals surface area contributed by atoms with Crippen molar-refractivity contribution in [2.75, 3.05) is 13.1 Å². The van der Waals surface area contributed by atoms with Gasteiger partial charge >= 0.3 is 5.97 Å². The summed E-state index contributed by atoms with van der Waals surface area (Å²) >= 11 is 5.80. The third-order valence-corrected chi connectivity index (χ3v) is 2.61. The minimum atomic E-state index is -0.926. The van der Waals surface area contributed by atoms with E-state index < -0.39 is 12.0 Å². The highest BCUT2D eigenvalue weighted by Gasteiger charge is 2.28. The molecule has 1 rings (SSSR count). The van der Waals surface area contributed by atoms with Crippen molar-refractivity contribution in [3.8, 4) is 0 Å². The fourth-order valence-electron chi connectivity index (χ4n) is 1.53. The zero-order valence-electron chi connectivity index (χ0n) is 8.70. The molecule has 2 N–H and O–H groups in total. The highest BCUT2D eigenvalue weighted by molar-refractivity contribution is 6.30. The minimum Gasteiger partial charge on any atom is -0.480 e. The number of aliphatic carboxylic acids is 1. The number of nitrogens with zero attached hydrogens (tertiary/aromatic N) is 2. The van der Waals surface area contributed by atoms with E-state index in [-0.39, 0.29) is 5.15 Å². The lowest BCUT2D eigenvalue weighted by molar-refractivity contribution is -0.143. The largest absolute Gasteiger partial charge is 0.480 e. The Balaban J connectivity index is 3.03. The molecule has 0 aliphatic heterocycles. The first-order chi connectivity index (χ1) is 7.11. The molecule has 0 saturated carbocycles. The first-order valence-electron chi connectivity index (χ1n) is 4.77. The molecule has 0 radical (unpaired) electrons. The van der Waals surface area contributed by atoms with Gasteiger partial charge in [0.2, 0.25) is 0 Å². The van der Waals surface area contributed by atoms with Crippen LogP contribution in [0.5, 0.6) is 0 Å². The molecular formula is C9H14ClN3O2. The molecule has 0 bridgehead atoms. The second-order valence-corrected chi connectivity index (χ2v) is 3.43. The molecule has 1 aromatic heterocycles. The minimum absolute atomic E-state index is 0.217. The van der Waals surface area contributed by atoms with Gasteiger partial charge in [0.1, 0.15) is 0 Å². The maximum Gasteiger partial charge on any atom is 0.327 e. The summed E-state index contributed by atoms with van der Waals surface area (Å²) in [6.45, 7) is 5.10. The van der Waals surface area contributed by atoms with E-state index in [0.717, 1.165) is 0 Å². The molecule has 0 aliphatic rings. The van der Waals surface area contributed by atoms with Crippen LogP contribution in [0.4, 0.5) is 0 Å². The summed E-state index contributed by atoms with van der Waals surface area (Å²) in [6.07, 6.45) is 1.40. The molecule has 15 heavy (non-hydrogen) atoms. The highest BCUT2D eigenvalue weighted by Crippen LogP contribution is 2.24. The Bertz CT molecular complexity index is 336. The molecule has 1 aromatic rings. The number of hydrogen-bond donors (Lipinski definition) is 2. The Morgan fingerprint density at radius 1 is 1.67 bits per heavy atom. The van der Waals surface area contributed by atoms with Gasteiger partial charge in [-0.25, -0.2) is 4.98 Å². The molecule has 0 aliphatic carbocycles. The van der Waals surface area contributed by atoms with Gasteiger partial charge in [-0.2, -0.15) is 0 Å². The molecule has 6 heteroatoms. The molecule has 1 unspecified atom stereocenters. The number of aromatic nitrogens is 2. The summed E-state index contributed by atoms with van der Waals surface area (Å²) in [5, 5.41) is 9.37. The van der Waals surface area contributed by atoms with Crippen LogP contribution in [0.3, 0.4) is 0 Å². The van der Waals surface area contributed by atoms with Gasteiger partial charge in [-0.05, 0) is 13.1 Å². The van der Waals surface area contributed by atoms with Gasteiger partial charge in [0.05, 0.1) is 12.0 Å². The highest BCUT2D eigenvalue weighted by atomic mass is 35.5. The van der Waals surface area contributed by atoms with Crippen LogP contribution in [0.2, 0.25) is 5.15 Å². The summed E-state index contributed by atoms with van der Waals surface area (Å²) < 4.78 is 0. The van der Waals surface area contributed by atoms with E-state index in [1.54, 1.807) is 4.90 Å². The molecule has 0 aromatic carbocycles. The lowest BCUT2D eigenvalue weighted by Gasteiger charge is -2.25. The fraction of sp³-hybridized carbons (Fsp3) is 0.556. The van der Waals surface area contributed by atoms with Crippen LogP contribution in [0.25, 0.3) is 0 Å². The predicted molar refractivity (Wildman–Crippen MR) is 56.9 cm³/mol. The molecular weight excluding hydrogens is 218 g/mol. The number of carboxylic acid groups (broad SMARTS) is 1. The number of hydrogen-bond acceptors (Lipinski definition) is 3. The van der Waals surface area contributed by atoms with Crippen molar-refractivity contribution in [1.82, 2.24) is 14.9 Å². The van der Waals surface area contributed by atoms with Gasteiger partial charge in [-0.15, -0.1) is 0 Å². The lowest BCUT2D eigenvalue weighted by Crippen LogP contribution is -2.34. The van der Waals surface area contributed by atoms with Gasteiger partial charge in [-0.3, -0.25) is 9.69 Å². The number of likely N-dealkylation sites (N-methyl/N-ethyl adjacent to an activating group) is 1. The van der Waals surface area contributed by atoms with Gasteiger partial charge in [-0.1, -0.05) is 25.4 Å². The second-order valence-electron chi connectivity index (χ2n) is 3.07. The van der Waals surface area contributed by atoms with Crippen LogP contribution in [0.15, 0.2) is 6.33 Å². The zero-order valence-corrected chi connectivity index (χ0v) is 9.45. The van der Waals surface area contributed by atoms with Gasteiger partial charge < -0.3 is 10.1 Å². The first-order valence-corrected chi connectivity index (χ1v) is 5.15.